The number of rotatable bonds is 3. The van der Waals surface area contributed by atoms with E-state index in [0.29, 0.717) is 12.0 Å². The zero-order valence-electron chi connectivity index (χ0n) is 18.6. The van der Waals surface area contributed by atoms with Gasteiger partial charge < -0.3 is 24.3 Å². The number of aryl methyl sites for hydroxylation is 1. The topological polar surface area (TPSA) is 129 Å². The van der Waals surface area contributed by atoms with Crippen molar-refractivity contribution in [2.75, 3.05) is 37.7 Å². The van der Waals surface area contributed by atoms with Gasteiger partial charge in [0.05, 0.1) is 25.2 Å². The third kappa shape index (κ3) is 9.27. The molecule has 0 aromatic carbocycles. The molecule has 4 heterocycles. The normalized spacial score (nSPS) is 20.4. The van der Waals surface area contributed by atoms with E-state index in [1.165, 1.54) is 5.56 Å². The molecule has 36 heavy (non-hydrogen) atoms. The van der Waals surface area contributed by atoms with Crippen LogP contribution in [0.2, 0.25) is 0 Å². The summed E-state index contributed by atoms with van der Waals surface area (Å²) in [5.74, 6) is -4.99. The zero-order chi connectivity index (χ0) is 27.1. The Morgan fingerprint density at radius 2 is 1.69 bits per heavy atom. The number of carboxylic acids is 2. The number of ether oxygens (including phenoxy) is 1. The number of alkyl halides is 6. The second kappa shape index (κ2) is 12.4. The molecule has 0 unspecified atom stereocenters. The molecule has 0 aliphatic carbocycles. The minimum atomic E-state index is -5.08. The van der Waals surface area contributed by atoms with Crippen molar-refractivity contribution in [1.29, 1.82) is 0 Å². The average molecular weight is 548 g/mol. The van der Waals surface area contributed by atoms with Gasteiger partial charge in [-0.05, 0) is 13.0 Å². The first kappa shape index (κ1) is 29.3. The lowest BCUT2D eigenvalue weighted by atomic mass is 10.1. The van der Waals surface area contributed by atoms with Gasteiger partial charge in [-0.3, -0.25) is 4.90 Å². The molecule has 10 nitrogen and oxygen atoms in total. The molecule has 0 bridgehead atoms. The Balaban J connectivity index is 0.000000271. The van der Waals surface area contributed by atoms with Crippen LogP contribution in [-0.2, 0) is 20.9 Å². The molecular weight excluding hydrogens is 526 g/mol. The summed E-state index contributed by atoms with van der Waals surface area (Å²) < 4.78 is 74.7. The maximum atomic E-state index is 10.6. The van der Waals surface area contributed by atoms with Crippen molar-refractivity contribution in [3.05, 3.63) is 29.2 Å². The molecule has 202 valence electrons. The van der Waals surface area contributed by atoms with E-state index < -0.39 is 24.3 Å². The van der Waals surface area contributed by atoms with Crippen molar-refractivity contribution in [3.8, 4) is 0 Å². The Kier molecular flexibility index (Phi) is 10.1. The van der Waals surface area contributed by atoms with E-state index in [1.807, 2.05) is 19.3 Å². The zero-order valence-corrected chi connectivity index (χ0v) is 19.4. The Bertz CT molecular complexity index is 960. The Morgan fingerprint density at radius 1 is 1.08 bits per heavy atom. The molecule has 2 aromatic rings. The summed E-state index contributed by atoms with van der Waals surface area (Å²) in [7, 11) is 0. The van der Waals surface area contributed by atoms with Gasteiger partial charge in [0, 0.05) is 44.2 Å². The van der Waals surface area contributed by atoms with Crippen LogP contribution in [0.25, 0.3) is 0 Å². The van der Waals surface area contributed by atoms with Crippen LogP contribution in [0.4, 0.5) is 31.5 Å². The smallest absolute Gasteiger partial charge is 0.475 e. The summed E-state index contributed by atoms with van der Waals surface area (Å²) in [6, 6.07) is 2.04. The Hall–Kier alpha value is -2.92. The van der Waals surface area contributed by atoms with Crippen LogP contribution < -0.4 is 4.90 Å². The van der Waals surface area contributed by atoms with Crippen molar-refractivity contribution in [1.82, 2.24) is 15.1 Å². The van der Waals surface area contributed by atoms with Crippen LogP contribution in [-0.4, -0.2) is 88.5 Å². The molecule has 2 atom stereocenters. The van der Waals surface area contributed by atoms with Crippen LogP contribution in [0, 0.1) is 12.8 Å². The maximum Gasteiger partial charge on any atom is 0.490 e. The van der Waals surface area contributed by atoms with Crippen LogP contribution in [0.1, 0.15) is 10.6 Å². The molecule has 0 spiro atoms. The fourth-order valence-electron chi connectivity index (χ4n) is 3.32. The maximum absolute atomic E-state index is 10.6. The second-order valence-corrected chi connectivity index (χ2v) is 8.81. The molecule has 2 aliphatic rings. The largest absolute Gasteiger partial charge is 0.490 e. The van der Waals surface area contributed by atoms with E-state index in [4.69, 9.17) is 29.0 Å². The van der Waals surface area contributed by atoms with E-state index in [0.717, 1.165) is 49.5 Å². The summed E-state index contributed by atoms with van der Waals surface area (Å²) >= 11 is 1.66. The van der Waals surface area contributed by atoms with Crippen LogP contribution in [0.15, 0.2) is 23.0 Å². The highest BCUT2D eigenvalue weighted by Gasteiger charge is 2.39. The van der Waals surface area contributed by atoms with E-state index in [1.54, 1.807) is 17.6 Å². The standard InChI is InChI=1S/C15H20N4O2S.2C2HF3O2/c1-11-16-17-15(22-11)19-8-13-7-18(3-5-21-14(13)9-19)6-12-2-4-20-10-12;2*3-2(4,5)1(6)7/h2,4,10,13-14H,3,5-9H2,1H3;2*(H,6,7)/t13-,14+;;/m0../s1. The molecule has 2 N–H and O–H groups in total. The van der Waals surface area contributed by atoms with Gasteiger partial charge in [-0.25, -0.2) is 9.59 Å². The highest BCUT2D eigenvalue weighted by Crippen LogP contribution is 2.30. The van der Waals surface area contributed by atoms with Gasteiger partial charge in [0.15, 0.2) is 0 Å². The number of furan rings is 1. The van der Waals surface area contributed by atoms with E-state index >= 15 is 0 Å². The molecule has 2 saturated heterocycles. The molecule has 4 rings (SSSR count). The second-order valence-electron chi connectivity index (χ2n) is 7.65. The molecule has 2 aliphatic heterocycles. The number of carboxylic acid groups (broad SMARTS) is 2. The number of fused-ring (bicyclic) bond motifs is 1. The highest BCUT2D eigenvalue weighted by molar-refractivity contribution is 7.15. The Morgan fingerprint density at radius 3 is 2.17 bits per heavy atom. The molecule has 17 heteroatoms. The minimum Gasteiger partial charge on any atom is -0.475 e. The van der Waals surface area contributed by atoms with Gasteiger partial charge in [0.2, 0.25) is 5.13 Å². The van der Waals surface area contributed by atoms with Crippen molar-refractivity contribution < 1.29 is 55.3 Å². The van der Waals surface area contributed by atoms with Gasteiger partial charge in [-0.15, -0.1) is 10.2 Å². The van der Waals surface area contributed by atoms with Gasteiger partial charge >= 0.3 is 24.3 Å². The number of carbonyl (C=O) groups is 2. The van der Waals surface area contributed by atoms with E-state index in [2.05, 4.69) is 20.0 Å². The van der Waals surface area contributed by atoms with Gasteiger partial charge in [-0.1, -0.05) is 11.3 Å². The summed E-state index contributed by atoms with van der Waals surface area (Å²) in [5, 5.41) is 24.7. The predicted molar refractivity (Wildman–Crippen MR) is 111 cm³/mol. The molecule has 0 amide bonds. The first-order valence-electron chi connectivity index (χ1n) is 10.2. The lowest BCUT2D eigenvalue weighted by Crippen LogP contribution is -2.32. The number of hydrogen-bond acceptors (Lipinski definition) is 9. The lowest BCUT2D eigenvalue weighted by Gasteiger charge is -2.22. The quantitative estimate of drug-likeness (QED) is 0.552. The van der Waals surface area contributed by atoms with Gasteiger partial charge in [0.1, 0.15) is 5.01 Å². The van der Waals surface area contributed by atoms with E-state index in [-0.39, 0.29) is 0 Å². The number of aromatic nitrogens is 2. The van der Waals surface area contributed by atoms with Crippen molar-refractivity contribution in [2.45, 2.75) is 31.9 Å². The number of aliphatic carboxylic acids is 2. The third-order valence-electron chi connectivity index (χ3n) is 4.87. The van der Waals surface area contributed by atoms with Crippen molar-refractivity contribution in [2.24, 2.45) is 5.92 Å². The minimum absolute atomic E-state index is 0.304. The molecule has 2 fully saturated rings. The molecule has 2 aromatic heterocycles. The fourth-order valence-corrected chi connectivity index (χ4v) is 4.02. The summed E-state index contributed by atoms with van der Waals surface area (Å²) in [6.45, 7) is 7.70. The van der Waals surface area contributed by atoms with Crippen molar-refractivity contribution >= 4 is 28.4 Å². The van der Waals surface area contributed by atoms with Gasteiger partial charge in [0.25, 0.3) is 0 Å². The number of hydrogen-bond donors (Lipinski definition) is 2. The summed E-state index contributed by atoms with van der Waals surface area (Å²) in [5.41, 5.74) is 1.23. The summed E-state index contributed by atoms with van der Waals surface area (Å²) in [6.07, 6.45) is -6.30. The van der Waals surface area contributed by atoms with Crippen LogP contribution in [0.3, 0.4) is 0 Å². The van der Waals surface area contributed by atoms with E-state index in [9.17, 15) is 26.3 Å². The fraction of sp³-hybridized carbons (Fsp3) is 0.579. The SMILES string of the molecule is Cc1nnc(N2C[C@@H]3CN(Cc4ccoc4)CCO[C@@H]3C2)s1.O=C(O)C(F)(F)F.O=C(O)C(F)(F)F. The van der Waals surface area contributed by atoms with Crippen LogP contribution in [0.5, 0.6) is 0 Å². The first-order chi connectivity index (χ1) is 16.7. The molecule has 0 saturated carbocycles. The highest BCUT2D eigenvalue weighted by atomic mass is 32.1. The third-order valence-corrected chi connectivity index (χ3v) is 5.77. The monoisotopic (exact) mass is 548 g/mol. The molecule has 0 radical (unpaired) electrons. The average Bonchev–Trinajstić information content (AvgIpc) is 3.48. The van der Waals surface area contributed by atoms with Crippen LogP contribution >= 0.6 is 11.3 Å². The Labute approximate surface area is 204 Å². The summed E-state index contributed by atoms with van der Waals surface area (Å²) in [4.78, 5) is 22.6. The van der Waals surface area contributed by atoms with Crippen molar-refractivity contribution in [3.63, 3.8) is 0 Å². The van der Waals surface area contributed by atoms with Gasteiger partial charge in [-0.2, -0.15) is 26.3 Å². The number of anilines is 1. The number of nitrogens with zero attached hydrogens (tertiary/aromatic N) is 4. The predicted octanol–water partition coefficient (Wildman–Crippen LogP) is 3.04. The molecular formula is C19H22F6N4O6S. The lowest BCUT2D eigenvalue weighted by molar-refractivity contribution is -0.193. The first-order valence-corrected chi connectivity index (χ1v) is 11.0. The number of halogens is 6.